The van der Waals surface area contributed by atoms with Gasteiger partial charge in [0.05, 0.1) is 42.9 Å². The number of hydrogen-bond acceptors (Lipinski definition) is 9. The molecule has 1 N–H and O–H groups in total. The molecule has 13 heteroatoms. The van der Waals surface area contributed by atoms with Crippen LogP contribution in [-0.2, 0) is 19.1 Å². The lowest BCUT2D eigenvalue weighted by Crippen LogP contribution is -2.43. The van der Waals surface area contributed by atoms with Gasteiger partial charge in [0, 0.05) is 39.2 Å². The first-order chi connectivity index (χ1) is 21.8. The quantitative estimate of drug-likeness (QED) is 0.380. The normalized spacial score (nSPS) is 29.9. The van der Waals surface area contributed by atoms with Gasteiger partial charge in [0.2, 0.25) is 11.8 Å². The number of methoxy groups -OCH3 is 1. The lowest BCUT2D eigenvalue weighted by Gasteiger charge is -2.43. The summed E-state index contributed by atoms with van der Waals surface area (Å²) in [5.74, 6) is -0.279. The minimum Gasteiger partial charge on any atom is -0.497 e. The highest BCUT2D eigenvalue weighted by Gasteiger charge is 2.69. The molecule has 1 aromatic heterocycles. The van der Waals surface area contributed by atoms with Crippen LogP contribution in [-0.4, -0.2) is 72.9 Å². The average Bonchev–Trinajstić information content (AvgIpc) is 3.79. The van der Waals surface area contributed by atoms with E-state index in [0.717, 1.165) is 26.4 Å². The van der Waals surface area contributed by atoms with Gasteiger partial charge in [-0.1, -0.05) is 27.3 Å². The number of ether oxygens (including phenoxy) is 3. The number of benzene rings is 2. The SMILES string of the molecule is COc1ccc(N2C(=O)C3C4CC(C3C2=O)C2C4Sc3[nH]c(=O)sc3[C@@H]2c2cc(Br)ccc2OCC(=O)N2CCOCC2)cc1. The number of imide groups is 1. The standard InChI is InChI=1S/C32H30BrN3O7S2/c1-41-17-5-3-16(4-6-17)36-30(38)25-19-13-20(26(25)31(36)39)27-24(19)23(28-29(44-27)34-32(40)45-28)18-12-15(33)2-7-21(18)43-14-22(37)35-8-10-42-11-9-35/h2-7,12,19-20,23-27H,8-11,13-14H2,1H3,(H,34,40)/t19?,20?,23-,24?,25?,26?,27?/m1/s1. The second-order valence-corrected chi connectivity index (χ2v) is 15.3. The molecule has 234 valence electrons. The van der Waals surface area contributed by atoms with E-state index in [1.807, 2.05) is 18.2 Å². The first kappa shape index (κ1) is 29.3. The molecule has 45 heavy (non-hydrogen) atoms. The number of amides is 3. The Kier molecular flexibility index (Phi) is 7.34. The summed E-state index contributed by atoms with van der Waals surface area (Å²) in [5.41, 5.74) is 1.43. The highest BCUT2D eigenvalue weighted by atomic mass is 79.9. The van der Waals surface area contributed by atoms with E-state index in [4.69, 9.17) is 14.2 Å². The number of nitrogens with zero attached hydrogens (tertiary/aromatic N) is 2. The smallest absolute Gasteiger partial charge is 0.305 e. The van der Waals surface area contributed by atoms with Crippen molar-refractivity contribution in [3.63, 3.8) is 0 Å². The molecule has 2 saturated carbocycles. The lowest BCUT2D eigenvalue weighted by atomic mass is 9.68. The Labute approximate surface area is 275 Å². The second-order valence-electron chi connectivity index (χ2n) is 12.1. The maximum atomic E-state index is 14.1. The number of nitrogens with one attached hydrogen (secondary N) is 1. The van der Waals surface area contributed by atoms with Crippen molar-refractivity contribution in [1.82, 2.24) is 9.88 Å². The summed E-state index contributed by atoms with van der Waals surface area (Å²) in [5, 5.41) is 0.854. The number of halogens is 1. The fourth-order valence-corrected chi connectivity index (χ4v) is 11.5. The van der Waals surface area contributed by atoms with Crippen molar-refractivity contribution in [1.29, 1.82) is 0 Å². The predicted molar refractivity (Wildman–Crippen MR) is 171 cm³/mol. The van der Waals surface area contributed by atoms with Crippen molar-refractivity contribution >= 4 is 62.4 Å². The van der Waals surface area contributed by atoms with Crippen LogP contribution in [0.25, 0.3) is 0 Å². The molecule has 3 aromatic rings. The molecule has 0 spiro atoms. The zero-order chi connectivity index (χ0) is 31.0. The number of carbonyl (C=O) groups is 3. The van der Waals surface area contributed by atoms with Gasteiger partial charge >= 0.3 is 4.87 Å². The van der Waals surface area contributed by atoms with Crippen molar-refractivity contribution in [3.05, 3.63) is 67.0 Å². The fourth-order valence-electron chi connectivity index (χ4n) is 8.29. The van der Waals surface area contributed by atoms with Gasteiger partial charge in [0.15, 0.2) is 6.61 Å². The predicted octanol–water partition coefficient (Wildman–Crippen LogP) is 4.12. The minimum atomic E-state index is -0.425. The van der Waals surface area contributed by atoms with Crippen LogP contribution in [0.2, 0.25) is 0 Å². The van der Waals surface area contributed by atoms with E-state index in [2.05, 4.69) is 20.9 Å². The van der Waals surface area contributed by atoms with Crippen LogP contribution in [0.15, 0.2) is 56.8 Å². The number of aromatic nitrogens is 1. The topological polar surface area (TPSA) is 118 Å². The van der Waals surface area contributed by atoms with E-state index < -0.39 is 11.8 Å². The van der Waals surface area contributed by atoms with Crippen LogP contribution >= 0.6 is 39.0 Å². The fraction of sp³-hybridized carbons (Fsp3) is 0.438. The molecule has 2 aliphatic carbocycles. The zero-order valence-electron chi connectivity index (χ0n) is 24.3. The maximum Gasteiger partial charge on any atom is 0.305 e. The molecular formula is C32H30BrN3O7S2. The summed E-state index contributed by atoms with van der Waals surface area (Å²) in [6.07, 6.45) is 0.779. The Morgan fingerprint density at radius 2 is 1.78 bits per heavy atom. The van der Waals surface area contributed by atoms with E-state index in [-0.39, 0.29) is 58.1 Å². The van der Waals surface area contributed by atoms with Crippen LogP contribution in [0, 0.1) is 29.6 Å². The molecule has 6 unspecified atom stereocenters. The van der Waals surface area contributed by atoms with E-state index in [9.17, 15) is 19.2 Å². The average molecular weight is 713 g/mol. The van der Waals surface area contributed by atoms with Crippen molar-refractivity contribution in [2.75, 3.05) is 44.9 Å². The number of hydrogen-bond donors (Lipinski definition) is 1. The van der Waals surface area contributed by atoms with E-state index in [0.29, 0.717) is 43.5 Å². The molecule has 7 atom stereocenters. The van der Waals surface area contributed by atoms with Gasteiger partial charge in [-0.2, -0.15) is 0 Å². The summed E-state index contributed by atoms with van der Waals surface area (Å²) in [7, 11) is 1.58. The van der Waals surface area contributed by atoms with Crippen LogP contribution in [0.3, 0.4) is 0 Å². The number of morpholine rings is 1. The van der Waals surface area contributed by atoms with Gasteiger partial charge in [-0.25, -0.2) is 0 Å². The molecule has 4 fully saturated rings. The Morgan fingerprint density at radius 1 is 1.04 bits per heavy atom. The molecule has 3 aliphatic heterocycles. The van der Waals surface area contributed by atoms with Crippen LogP contribution in [0.4, 0.5) is 5.69 Å². The molecule has 2 aromatic carbocycles. The van der Waals surface area contributed by atoms with Crippen LogP contribution in [0.1, 0.15) is 22.8 Å². The molecule has 10 nitrogen and oxygen atoms in total. The van der Waals surface area contributed by atoms with E-state index >= 15 is 0 Å². The monoisotopic (exact) mass is 711 g/mol. The van der Waals surface area contributed by atoms with Crippen molar-refractivity contribution in [2.45, 2.75) is 22.6 Å². The molecule has 0 radical (unpaired) electrons. The summed E-state index contributed by atoms with van der Waals surface area (Å²) in [6.45, 7) is 1.97. The Hall–Kier alpha value is -3.13. The van der Waals surface area contributed by atoms with Gasteiger partial charge in [0.1, 0.15) is 11.5 Å². The number of anilines is 1. The molecule has 5 aliphatic rings. The summed E-state index contributed by atoms with van der Waals surface area (Å²) >= 11 is 6.48. The van der Waals surface area contributed by atoms with Gasteiger partial charge in [-0.3, -0.25) is 24.1 Å². The maximum absolute atomic E-state index is 14.1. The number of H-pyrrole nitrogens is 1. The number of thioether (sulfide) groups is 1. The zero-order valence-corrected chi connectivity index (χ0v) is 27.5. The third kappa shape index (κ3) is 4.68. The van der Waals surface area contributed by atoms with Crippen LogP contribution in [0.5, 0.6) is 11.5 Å². The van der Waals surface area contributed by atoms with Crippen molar-refractivity contribution in [3.8, 4) is 11.5 Å². The van der Waals surface area contributed by atoms with Gasteiger partial charge in [-0.15, -0.1) is 11.8 Å². The molecular weight excluding hydrogens is 682 g/mol. The first-order valence-corrected chi connectivity index (χ1v) is 17.5. The van der Waals surface area contributed by atoms with Gasteiger partial charge in [0.25, 0.3) is 5.91 Å². The molecule has 2 bridgehead atoms. The molecule has 3 amide bonds. The highest BCUT2D eigenvalue weighted by Crippen LogP contribution is 2.69. The number of carbonyl (C=O) groups excluding carboxylic acids is 3. The van der Waals surface area contributed by atoms with Crippen LogP contribution < -0.4 is 19.2 Å². The summed E-state index contributed by atoms with van der Waals surface area (Å²) < 4.78 is 17.8. The Balaban J connectivity index is 1.15. The minimum absolute atomic E-state index is 0.000591. The van der Waals surface area contributed by atoms with Crippen molar-refractivity contribution in [2.24, 2.45) is 29.6 Å². The van der Waals surface area contributed by atoms with Gasteiger partial charge in [-0.05, 0) is 66.6 Å². The third-order valence-corrected chi connectivity index (χ3v) is 13.2. The highest BCUT2D eigenvalue weighted by molar-refractivity contribution is 9.10. The largest absolute Gasteiger partial charge is 0.497 e. The number of thiazole rings is 1. The molecule has 4 heterocycles. The number of rotatable bonds is 6. The molecule has 8 rings (SSSR count). The van der Waals surface area contributed by atoms with E-state index in [1.54, 1.807) is 48.0 Å². The van der Waals surface area contributed by atoms with Crippen molar-refractivity contribution < 1.29 is 28.6 Å². The first-order valence-electron chi connectivity index (χ1n) is 15.0. The Bertz CT molecular complexity index is 1750. The summed E-state index contributed by atoms with van der Waals surface area (Å²) in [4.78, 5) is 60.7. The third-order valence-electron chi connectivity index (χ3n) is 10.1. The molecule has 2 saturated heterocycles. The summed E-state index contributed by atoms with van der Waals surface area (Å²) in [6, 6.07) is 12.8. The number of aromatic amines is 1. The number of fused-ring (bicyclic) bond motifs is 9. The second kappa shape index (κ2) is 11.3. The van der Waals surface area contributed by atoms with E-state index in [1.165, 1.54) is 16.2 Å². The lowest BCUT2D eigenvalue weighted by molar-refractivity contribution is -0.137. The van der Waals surface area contributed by atoms with Gasteiger partial charge < -0.3 is 24.1 Å². The Morgan fingerprint density at radius 3 is 2.51 bits per heavy atom.